The maximum absolute atomic E-state index is 14.2. The van der Waals surface area contributed by atoms with E-state index in [1.54, 1.807) is 11.0 Å². The summed E-state index contributed by atoms with van der Waals surface area (Å²) < 4.78 is 0. The van der Waals surface area contributed by atoms with Gasteiger partial charge in [0.05, 0.1) is 5.69 Å². The molecule has 1 aliphatic carbocycles. The maximum Gasteiger partial charge on any atom is 0.321 e. The Labute approximate surface area is 237 Å². The van der Waals surface area contributed by atoms with Gasteiger partial charge >= 0.3 is 6.03 Å². The van der Waals surface area contributed by atoms with Gasteiger partial charge in [-0.15, -0.1) is 0 Å². The second-order valence-electron chi connectivity index (χ2n) is 12.1. The van der Waals surface area contributed by atoms with Gasteiger partial charge in [-0.25, -0.2) is 4.79 Å². The second-order valence-corrected chi connectivity index (χ2v) is 12.1. The number of para-hydroxylation sites is 1. The molecule has 212 valence electrons. The fourth-order valence-electron chi connectivity index (χ4n) is 6.34. The number of benzene rings is 2. The lowest BCUT2D eigenvalue weighted by molar-refractivity contribution is -0.132. The number of amides is 4. The standard InChI is InChI=1S/C32H41N5O3/c1-20(2)15-27-26-10-6-8-22(4)29(26)37(19-28(38)36-17-23-11-12-24(18-36)14-13-23)31(39)30(34-27)35-32(40)33-25-9-5-7-21(3)16-25/h5-10,16,20,23-24,30H,11-15,17-19H2,1-4H3,(H2,33,35,40). The number of benzodiazepines with no additional fused rings is 1. The Morgan fingerprint density at radius 2 is 1.68 bits per heavy atom. The van der Waals surface area contributed by atoms with Crippen LogP contribution < -0.4 is 15.5 Å². The number of aliphatic imine (C=N–C) groups is 1. The summed E-state index contributed by atoms with van der Waals surface area (Å²) in [6, 6.07) is 12.8. The molecule has 0 spiro atoms. The lowest BCUT2D eigenvalue weighted by Gasteiger charge is -2.30. The summed E-state index contributed by atoms with van der Waals surface area (Å²) >= 11 is 0. The Morgan fingerprint density at radius 3 is 2.33 bits per heavy atom. The minimum atomic E-state index is -1.15. The van der Waals surface area contributed by atoms with E-state index >= 15 is 0 Å². The first-order valence-electron chi connectivity index (χ1n) is 14.6. The molecule has 4 amide bonds. The van der Waals surface area contributed by atoms with Crippen LogP contribution in [0.25, 0.3) is 0 Å². The van der Waals surface area contributed by atoms with E-state index in [2.05, 4.69) is 24.5 Å². The molecule has 3 fully saturated rings. The van der Waals surface area contributed by atoms with E-state index < -0.39 is 18.1 Å². The van der Waals surface area contributed by atoms with Crippen LogP contribution in [-0.4, -0.2) is 54.3 Å². The summed E-state index contributed by atoms with van der Waals surface area (Å²) in [5.41, 5.74) is 4.85. The molecule has 8 heteroatoms. The minimum absolute atomic E-state index is 0.0448. The van der Waals surface area contributed by atoms with Crippen molar-refractivity contribution in [2.24, 2.45) is 22.7 Å². The van der Waals surface area contributed by atoms with Crippen LogP contribution in [0.3, 0.4) is 0 Å². The Morgan fingerprint density at radius 1 is 1.00 bits per heavy atom. The Hall–Kier alpha value is -3.68. The second kappa shape index (κ2) is 11.8. The quantitative estimate of drug-likeness (QED) is 0.519. The average molecular weight is 544 g/mol. The number of rotatable bonds is 6. The van der Waals surface area contributed by atoms with E-state index in [0.717, 1.165) is 35.5 Å². The van der Waals surface area contributed by atoms with Gasteiger partial charge in [0.2, 0.25) is 12.1 Å². The number of aryl methyl sites for hydroxylation is 2. The molecule has 0 radical (unpaired) electrons. The van der Waals surface area contributed by atoms with Crippen molar-refractivity contribution in [2.75, 3.05) is 29.9 Å². The summed E-state index contributed by atoms with van der Waals surface area (Å²) in [4.78, 5) is 49.4. The van der Waals surface area contributed by atoms with Gasteiger partial charge in [0.1, 0.15) is 6.54 Å². The van der Waals surface area contributed by atoms with Gasteiger partial charge in [-0.2, -0.15) is 0 Å². The van der Waals surface area contributed by atoms with Crippen LogP contribution in [0.5, 0.6) is 0 Å². The van der Waals surface area contributed by atoms with Crippen LogP contribution in [-0.2, 0) is 9.59 Å². The van der Waals surface area contributed by atoms with Gasteiger partial charge in [-0.3, -0.25) is 19.5 Å². The Bertz CT molecular complexity index is 1300. The number of hydrogen-bond donors (Lipinski definition) is 2. The van der Waals surface area contributed by atoms with Crippen molar-refractivity contribution >= 4 is 34.9 Å². The normalized spacial score (nSPS) is 22.4. The van der Waals surface area contributed by atoms with Crippen molar-refractivity contribution in [3.05, 3.63) is 59.2 Å². The van der Waals surface area contributed by atoms with Gasteiger partial charge in [0, 0.05) is 30.1 Å². The molecule has 1 saturated carbocycles. The number of urea groups is 1. The third-order valence-corrected chi connectivity index (χ3v) is 8.32. The molecule has 2 N–H and O–H groups in total. The van der Waals surface area contributed by atoms with E-state index in [9.17, 15) is 14.4 Å². The van der Waals surface area contributed by atoms with Gasteiger partial charge < -0.3 is 15.5 Å². The number of nitrogens with one attached hydrogen (secondary N) is 2. The van der Waals surface area contributed by atoms with Crippen molar-refractivity contribution in [1.82, 2.24) is 10.2 Å². The number of nitrogens with zero attached hydrogens (tertiary/aromatic N) is 3. The molecular formula is C32H41N5O3. The molecule has 6 rings (SSSR count). The first kappa shape index (κ1) is 27.9. The van der Waals surface area contributed by atoms with E-state index in [-0.39, 0.29) is 18.4 Å². The smallest absolute Gasteiger partial charge is 0.321 e. The fourth-order valence-corrected chi connectivity index (χ4v) is 6.34. The van der Waals surface area contributed by atoms with Crippen molar-refractivity contribution in [1.29, 1.82) is 0 Å². The molecule has 4 aliphatic rings. The molecule has 0 aromatic heterocycles. The van der Waals surface area contributed by atoms with E-state index in [1.807, 2.05) is 55.1 Å². The van der Waals surface area contributed by atoms with E-state index in [4.69, 9.17) is 4.99 Å². The highest BCUT2D eigenvalue weighted by molar-refractivity contribution is 6.15. The van der Waals surface area contributed by atoms with Crippen LogP contribution in [0.1, 0.15) is 62.6 Å². The predicted octanol–water partition coefficient (Wildman–Crippen LogP) is 5.28. The lowest BCUT2D eigenvalue weighted by atomic mass is 9.84. The molecule has 1 unspecified atom stereocenters. The van der Waals surface area contributed by atoms with Gasteiger partial charge in [-0.1, -0.05) is 44.2 Å². The fraction of sp³-hybridized carbons (Fsp3) is 0.500. The van der Waals surface area contributed by atoms with Crippen molar-refractivity contribution in [3.8, 4) is 0 Å². The topological polar surface area (TPSA) is 94.1 Å². The molecular weight excluding hydrogens is 502 g/mol. The lowest BCUT2D eigenvalue weighted by Crippen LogP contribution is -2.52. The molecule has 40 heavy (non-hydrogen) atoms. The molecule has 1 atom stereocenters. The third-order valence-electron chi connectivity index (χ3n) is 8.32. The molecule has 2 saturated heterocycles. The van der Waals surface area contributed by atoms with Gasteiger partial charge in [0.15, 0.2) is 0 Å². The van der Waals surface area contributed by atoms with E-state index in [0.29, 0.717) is 29.6 Å². The van der Waals surface area contributed by atoms with E-state index in [1.165, 1.54) is 25.7 Å². The third kappa shape index (κ3) is 6.21. The highest BCUT2D eigenvalue weighted by Gasteiger charge is 2.37. The van der Waals surface area contributed by atoms with Gasteiger partial charge in [-0.05, 0) is 87.0 Å². The molecule has 2 aromatic carbocycles. The van der Waals surface area contributed by atoms with Crippen molar-refractivity contribution in [2.45, 2.75) is 66.0 Å². The number of carbonyl (C=O) groups is 3. The summed E-state index contributed by atoms with van der Waals surface area (Å²) in [5.74, 6) is 0.913. The highest BCUT2D eigenvalue weighted by Crippen LogP contribution is 2.35. The van der Waals surface area contributed by atoms with Crippen LogP contribution in [0, 0.1) is 31.6 Å². The van der Waals surface area contributed by atoms with Crippen LogP contribution >= 0.6 is 0 Å². The molecule has 3 heterocycles. The van der Waals surface area contributed by atoms with Crippen LogP contribution in [0.4, 0.5) is 16.2 Å². The number of anilines is 2. The molecule has 2 bridgehead atoms. The monoisotopic (exact) mass is 543 g/mol. The van der Waals surface area contributed by atoms with Crippen molar-refractivity contribution in [3.63, 3.8) is 0 Å². The summed E-state index contributed by atoms with van der Waals surface area (Å²) in [6.07, 6.45) is 4.18. The summed E-state index contributed by atoms with van der Waals surface area (Å²) in [5, 5.41) is 5.62. The molecule has 2 aromatic rings. The minimum Gasteiger partial charge on any atom is -0.341 e. The average Bonchev–Trinajstić information content (AvgIpc) is 3.28. The Balaban J connectivity index is 1.46. The zero-order chi connectivity index (χ0) is 28.4. The predicted molar refractivity (Wildman–Crippen MR) is 159 cm³/mol. The van der Waals surface area contributed by atoms with Crippen molar-refractivity contribution < 1.29 is 14.4 Å². The number of fused-ring (bicyclic) bond motifs is 5. The Kier molecular flexibility index (Phi) is 8.24. The molecule has 8 nitrogen and oxygen atoms in total. The van der Waals surface area contributed by atoms with Gasteiger partial charge in [0.25, 0.3) is 5.91 Å². The number of carbonyl (C=O) groups excluding carboxylic acids is 3. The summed E-state index contributed by atoms with van der Waals surface area (Å²) in [6.45, 7) is 9.56. The maximum atomic E-state index is 14.2. The zero-order valence-electron chi connectivity index (χ0n) is 24.1. The number of hydrogen-bond acceptors (Lipinski definition) is 4. The summed E-state index contributed by atoms with van der Waals surface area (Å²) in [7, 11) is 0. The van der Waals surface area contributed by atoms with Crippen LogP contribution in [0.2, 0.25) is 0 Å². The molecule has 3 aliphatic heterocycles. The zero-order valence-corrected chi connectivity index (χ0v) is 24.1. The largest absolute Gasteiger partial charge is 0.341 e. The SMILES string of the molecule is Cc1cccc(NC(=O)NC2N=C(CC(C)C)c3cccc(C)c3N(CC(=O)N3CC4CCC(CC4)C3)C2=O)c1. The highest BCUT2D eigenvalue weighted by atomic mass is 16.2. The first-order chi connectivity index (χ1) is 19.2. The first-order valence-corrected chi connectivity index (χ1v) is 14.6. The van der Waals surface area contributed by atoms with Crippen LogP contribution in [0.15, 0.2) is 47.5 Å².